The van der Waals surface area contributed by atoms with Crippen LogP contribution in [0.5, 0.6) is 0 Å². The van der Waals surface area contributed by atoms with Crippen LogP contribution in [0.4, 0.5) is 5.69 Å². The maximum absolute atomic E-state index is 12.3. The second-order valence-electron chi connectivity index (χ2n) is 4.52. The molecule has 0 aromatic heterocycles. The first-order valence-corrected chi connectivity index (χ1v) is 6.41. The van der Waals surface area contributed by atoms with Gasteiger partial charge in [0.25, 0.3) is 11.6 Å². The van der Waals surface area contributed by atoms with E-state index in [9.17, 15) is 14.9 Å². The molecule has 6 heteroatoms. The molecule has 1 atom stereocenters. The zero-order valence-corrected chi connectivity index (χ0v) is 12.0. The lowest BCUT2D eigenvalue weighted by molar-refractivity contribution is -0.385. The molecule has 0 fully saturated rings. The number of halogens is 1. The van der Waals surface area contributed by atoms with Crippen molar-refractivity contribution in [2.75, 3.05) is 13.6 Å². The Labute approximate surface area is 117 Å². The molecule has 1 amide bonds. The number of nitro benzene ring substituents is 1. The van der Waals surface area contributed by atoms with Crippen LogP contribution in [-0.4, -0.2) is 34.7 Å². The Morgan fingerprint density at radius 3 is 2.68 bits per heavy atom. The number of carbonyl (C=O) groups excluding carboxylic acids is 1. The molecule has 0 aliphatic carbocycles. The van der Waals surface area contributed by atoms with Crippen LogP contribution in [0.25, 0.3) is 0 Å². The van der Waals surface area contributed by atoms with Gasteiger partial charge in [0.2, 0.25) is 0 Å². The summed E-state index contributed by atoms with van der Waals surface area (Å²) in [6.07, 6.45) is 0.642. The lowest BCUT2D eigenvalue weighted by Gasteiger charge is -2.18. The topological polar surface area (TPSA) is 63.5 Å². The van der Waals surface area contributed by atoms with Crippen molar-refractivity contribution < 1.29 is 9.72 Å². The Balaban J connectivity index is 3.02. The molecule has 0 aliphatic rings. The predicted octanol–water partition coefficient (Wildman–Crippen LogP) is 2.99. The summed E-state index contributed by atoms with van der Waals surface area (Å²) in [4.78, 5) is 24.2. The summed E-state index contributed by atoms with van der Waals surface area (Å²) < 4.78 is 0. The standard InChI is InChI=1S/C13H17ClN2O3/c1-9-5-4-6-11(16(18)19)12(9)13(17)15(3)8-7-10(2)14/h4-6,10H,7-8H2,1-3H3. The smallest absolute Gasteiger partial charge is 0.282 e. The van der Waals surface area contributed by atoms with E-state index in [0.29, 0.717) is 18.5 Å². The van der Waals surface area contributed by atoms with E-state index in [0.717, 1.165) is 0 Å². The highest BCUT2D eigenvalue weighted by atomic mass is 35.5. The fourth-order valence-electron chi connectivity index (χ4n) is 1.75. The summed E-state index contributed by atoms with van der Waals surface area (Å²) in [6, 6.07) is 4.61. The Morgan fingerprint density at radius 2 is 2.16 bits per heavy atom. The van der Waals surface area contributed by atoms with Gasteiger partial charge in [0.05, 0.1) is 4.92 Å². The van der Waals surface area contributed by atoms with Gasteiger partial charge in [0.1, 0.15) is 5.56 Å². The van der Waals surface area contributed by atoms with E-state index in [2.05, 4.69) is 0 Å². The summed E-state index contributed by atoms with van der Waals surface area (Å²) in [5.74, 6) is -0.345. The van der Waals surface area contributed by atoms with Crippen molar-refractivity contribution in [3.8, 4) is 0 Å². The van der Waals surface area contributed by atoms with Crippen molar-refractivity contribution in [1.82, 2.24) is 4.90 Å². The third kappa shape index (κ3) is 3.92. The first-order chi connectivity index (χ1) is 8.84. The lowest BCUT2D eigenvalue weighted by Crippen LogP contribution is -2.30. The molecule has 0 bridgehead atoms. The van der Waals surface area contributed by atoms with Gasteiger partial charge < -0.3 is 4.90 Å². The van der Waals surface area contributed by atoms with Crippen molar-refractivity contribution in [2.45, 2.75) is 25.6 Å². The number of nitrogens with zero attached hydrogens (tertiary/aromatic N) is 2. The monoisotopic (exact) mass is 284 g/mol. The van der Waals surface area contributed by atoms with Gasteiger partial charge in [-0.15, -0.1) is 11.6 Å². The molecule has 5 nitrogen and oxygen atoms in total. The number of benzene rings is 1. The molecule has 0 saturated carbocycles. The lowest BCUT2D eigenvalue weighted by atomic mass is 10.1. The maximum Gasteiger partial charge on any atom is 0.282 e. The number of hydrogen-bond donors (Lipinski definition) is 0. The van der Waals surface area contributed by atoms with Crippen LogP contribution in [0, 0.1) is 17.0 Å². The van der Waals surface area contributed by atoms with E-state index in [-0.39, 0.29) is 22.5 Å². The number of nitro groups is 1. The zero-order chi connectivity index (χ0) is 14.6. The minimum atomic E-state index is -0.530. The van der Waals surface area contributed by atoms with Gasteiger partial charge in [-0.1, -0.05) is 12.1 Å². The van der Waals surface area contributed by atoms with Crippen molar-refractivity contribution in [3.63, 3.8) is 0 Å². The fourth-order valence-corrected chi connectivity index (χ4v) is 1.84. The highest BCUT2D eigenvalue weighted by Gasteiger charge is 2.24. The molecule has 1 unspecified atom stereocenters. The van der Waals surface area contributed by atoms with Gasteiger partial charge in [-0.25, -0.2) is 0 Å². The normalized spacial score (nSPS) is 12.0. The summed E-state index contributed by atoms with van der Waals surface area (Å²) in [7, 11) is 1.62. The SMILES string of the molecule is Cc1cccc([N+](=O)[O-])c1C(=O)N(C)CCC(C)Cl. The first-order valence-electron chi connectivity index (χ1n) is 5.98. The van der Waals surface area contributed by atoms with E-state index in [1.165, 1.54) is 11.0 Å². The first kappa shape index (κ1) is 15.4. The van der Waals surface area contributed by atoms with E-state index < -0.39 is 4.92 Å². The second kappa shape index (κ2) is 6.52. The van der Waals surface area contributed by atoms with Crippen LogP contribution < -0.4 is 0 Å². The summed E-state index contributed by atoms with van der Waals surface area (Å²) in [5, 5.41) is 10.9. The average Bonchev–Trinajstić information content (AvgIpc) is 2.34. The molecule has 1 aromatic carbocycles. The molecule has 1 aromatic rings. The Bertz CT molecular complexity index is 489. The minimum Gasteiger partial charge on any atom is -0.341 e. The maximum atomic E-state index is 12.3. The molecule has 1 rings (SSSR count). The Kier molecular flexibility index (Phi) is 5.30. The number of aryl methyl sites for hydroxylation is 1. The van der Waals surface area contributed by atoms with E-state index in [4.69, 9.17) is 11.6 Å². The van der Waals surface area contributed by atoms with Crippen molar-refractivity contribution in [3.05, 3.63) is 39.4 Å². The van der Waals surface area contributed by atoms with Gasteiger partial charge >= 0.3 is 0 Å². The van der Waals surface area contributed by atoms with Crippen LogP contribution in [0.2, 0.25) is 0 Å². The fraction of sp³-hybridized carbons (Fsp3) is 0.462. The van der Waals surface area contributed by atoms with Crippen LogP contribution >= 0.6 is 11.6 Å². The molecule has 0 saturated heterocycles. The van der Waals surface area contributed by atoms with Crippen LogP contribution in [0.3, 0.4) is 0 Å². The summed E-state index contributed by atoms with van der Waals surface area (Å²) in [5.41, 5.74) is 0.595. The van der Waals surface area contributed by atoms with Crippen molar-refractivity contribution in [2.24, 2.45) is 0 Å². The predicted molar refractivity (Wildman–Crippen MR) is 74.7 cm³/mol. The minimum absolute atomic E-state index is 0.0397. The number of rotatable bonds is 5. The van der Waals surface area contributed by atoms with Gasteiger partial charge in [-0.2, -0.15) is 0 Å². The molecule has 0 N–H and O–H groups in total. The highest BCUT2D eigenvalue weighted by molar-refractivity contribution is 6.20. The number of amides is 1. The number of carbonyl (C=O) groups is 1. The molecule has 19 heavy (non-hydrogen) atoms. The number of hydrogen-bond acceptors (Lipinski definition) is 3. The largest absolute Gasteiger partial charge is 0.341 e. The molecule has 104 valence electrons. The summed E-state index contributed by atoms with van der Waals surface area (Å²) >= 11 is 5.84. The van der Waals surface area contributed by atoms with Gasteiger partial charge in [0.15, 0.2) is 0 Å². The number of alkyl halides is 1. The highest BCUT2D eigenvalue weighted by Crippen LogP contribution is 2.23. The summed E-state index contributed by atoms with van der Waals surface area (Å²) in [6.45, 7) is 4.00. The van der Waals surface area contributed by atoms with E-state index in [1.54, 1.807) is 26.1 Å². The van der Waals surface area contributed by atoms with Crippen LogP contribution in [0.1, 0.15) is 29.3 Å². The van der Waals surface area contributed by atoms with Crippen LogP contribution in [-0.2, 0) is 0 Å². The van der Waals surface area contributed by atoms with E-state index in [1.807, 2.05) is 6.92 Å². The third-order valence-electron chi connectivity index (χ3n) is 2.87. The zero-order valence-electron chi connectivity index (χ0n) is 11.2. The molecule has 0 aliphatic heterocycles. The van der Waals surface area contributed by atoms with Crippen LogP contribution in [0.15, 0.2) is 18.2 Å². The van der Waals surface area contributed by atoms with Gasteiger partial charge in [-0.3, -0.25) is 14.9 Å². The third-order valence-corrected chi connectivity index (χ3v) is 3.09. The average molecular weight is 285 g/mol. The van der Waals surface area contributed by atoms with Gasteiger partial charge in [-0.05, 0) is 25.8 Å². The molecular weight excluding hydrogens is 268 g/mol. The Hall–Kier alpha value is -1.62. The Morgan fingerprint density at radius 1 is 1.53 bits per heavy atom. The molecule has 0 spiro atoms. The van der Waals surface area contributed by atoms with Gasteiger partial charge in [0, 0.05) is 25.0 Å². The molecule has 0 heterocycles. The van der Waals surface area contributed by atoms with Crippen molar-refractivity contribution >= 4 is 23.2 Å². The molecule has 0 radical (unpaired) electrons. The quantitative estimate of drug-likeness (QED) is 0.474. The van der Waals surface area contributed by atoms with E-state index >= 15 is 0 Å². The molecular formula is C13H17ClN2O3. The van der Waals surface area contributed by atoms with Crippen molar-refractivity contribution in [1.29, 1.82) is 0 Å². The second-order valence-corrected chi connectivity index (χ2v) is 5.27.